The lowest BCUT2D eigenvalue weighted by Crippen LogP contribution is -2.50. The van der Waals surface area contributed by atoms with E-state index in [-0.39, 0.29) is 11.8 Å². The summed E-state index contributed by atoms with van der Waals surface area (Å²) < 4.78 is 5.17. The molecular weight excluding hydrogens is 338 g/mol. The molecule has 3 rings (SSSR count). The number of nitrogens with zero attached hydrogens (tertiary/aromatic N) is 3. The number of thiazole rings is 1. The van der Waals surface area contributed by atoms with Gasteiger partial charge in [0.25, 0.3) is 11.8 Å². The average Bonchev–Trinajstić information content (AvgIpc) is 3.28. The zero-order chi connectivity index (χ0) is 17.8. The summed E-state index contributed by atoms with van der Waals surface area (Å²) in [6, 6.07) is 3.37. The molecule has 134 valence electrons. The van der Waals surface area contributed by atoms with Crippen molar-refractivity contribution in [3.8, 4) is 0 Å². The van der Waals surface area contributed by atoms with Gasteiger partial charge in [0, 0.05) is 26.2 Å². The summed E-state index contributed by atoms with van der Waals surface area (Å²) >= 11 is 1.47. The van der Waals surface area contributed by atoms with Crippen LogP contribution in [0.5, 0.6) is 0 Å². The molecule has 6 nitrogen and oxygen atoms in total. The molecule has 1 aliphatic rings. The maximum atomic E-state index is 12.9. The van der Waals surface area contributed by atoms with Crippen LogP contribution in [0.4, 0.5) is 0 Å². The largest absolute Gasteiger partial charge is 0.459 e. The molecule has 1 fully saturated rings. The molecule has 0 aliphatic carbocycles. The van der Waals surface area contributed by atoms with Crippen LogP contribution in [0.15, 0.2) is 22.8 Å². The van der Waals surface area contributed by atoms with Crippen LogP contribution in [0, 0.1) is 6.92 Å². The van der Waals surface area contributed by atoms with E-state index in [1.54, 1.807) is 17.0 Å². The molecule has 7 heteroatoms. The Kier molecular flexibility index (Phi) is 5.53. The molecule has 0 saturated carbocycles. The number of carbonyl (C=O) groups excluding carboxylic acids is 2. The third-order valence-corrected chi connectivity index (χ3v) is 5.35. The van der Waals surface area contributed by atoms with Gasteiger partial charge in [-0.15, -0.1) is 11.3 Å². The van der Waals surface area contributed by atoms with Crippen molar-refractivity contribution in [2.75, 3.05) is 26.2 Å². The van der Waals surface area contributed by atoms with E-state index in [2.05, 4.69) is 11.9 Å². The number of unbranched alkanes of at least 4 members (excludes halogenated alkanes) is 1. The molecule has 25 heavy (non-hydrogen) atoms. The zero-order valence-corrected chi connectivity index (χ0v) is 15.5. The van der Waals surface area contributed by atoms with Gasteiger partial charge in [-0.05, 0) is 31.9 Å². The van der Waals surface area contributed by atoms with Gasteiger partial charge in [-0.25, -0.2) is 4.98 Å². The summed E-state index contributed by atoms with van der Waals surface area (Å²) in [5, 5.41) is 0.932. The summed E-state index contributed by atoms with van der Waals surface area (Å²) in [7, 11) is 0. The lowest BCUT2D eigenvalue weighted by Gasteiger charge is -2.34. The second-order valence-electron chi connectivity index (χ2n) is 6.17. The Balaban J connectivity index is 1.63. The van der Waals surface area contributed by atoms with Gasteiger partial charge in [-0.2, -0.15) is 0 Å². The summed E-state index contributed by atoms with van der Waals surface area (Å²) in [5.41, 5.74) is 0.920. The normalized spacial score (nSPS) is 14.8. The first-order valence-corrected chi connectivity index (χ1v) is 9.50. The SMILES string of the molecule is CCCCc1nc(C)sc1C(=O)N1CCN(C(=O)c2ccco2)CC1. The molecule has 2 aromatic rings. The second-order valence-corrected chi connectivity index (χ2v) is 7.38. The molecule has 0 unspecified atom stereocenters. The Labute approximate surface area is 151 Å². The highest BCUT2D eigenvalue weighted by molar-refractivity contribution is 7.13. The molecule has 2 amide bonds. The molecule has 3 heterocycles. The third kappa shape index (κ3) is 3.92. The molecule has 1 aliphatic heterocycles. The van der Waals surface area contributed by atoms with Crippen molar-refractivity contribution < 1.29 is 14.0 Å². The number of hydrogen-bond donors (Lipinski definition) is 0. The first-order valence-electron chi connectivity index (χ1n) is 8.68. The Morgan fingerprint density at radius 1 is 1.20 bits per heavy atom. The number of amides is 2. The fourth-order valence-corrected chi connectivity index (χ4v) is 3.90. The van der Waals surface area contributed by atoms with Gasteiger partial charge in [0.05, 0.1) is 17.0 Å². The van der Waals surface area contributed by atoms with E-state index in [0.29, 0.717) is 31.9 Å². The van der Waals surface area contributed by atoms with Gasteiger partial charge in [0.15, 0.2) is 5.76 Å². The molecule has 1 saturated heterocycles. The predicted octanol–water partition coefficient (Wildman–Crippen LogP) is 2.99. The predicted molar refractivity (Wildman–Crippen MR) is 96.0 cm³/mol. The van der Waals surface area contributed by atoms with Crippen LogP contribution in [0.3, 0.4) is 0 Å². The van der Waals surface area contributed by atoms with Crippen molar-refractivity contribution in [1.29, 1.82) is 0 Å². The third-order valence-electron chi connectivity index (χ3n) is 4.35. The summed E-state index contributed by atoms with van der Waals surface area (Å²) in [4.78, 5) is 34.0. The first kappa shape index (κ1) is 17.7. The molecular formula is C18H23N3O3S. The summed E-state index contributed by atoms with van der Waals surface area (Å²) in [6.45, 7) is 6.19. The summed E-state index contributed by atoms with van der Waals surface area (Å²) in [5.74, 6) is 0.274. The smallest absolute Gasteiger partial charge is 0.289 e. The Bertz CT molecular complexity index is 731. The van der Waals surface area contributed by atoms with Crippen molar-refractivity contribution in [1.82, 2.24) is 14.8 Å². The van der Waals surface area contributed by atoms with E-state index in [1.165, 1.54) is 17.6 Å². The Hall–Kier alpha value is -2.15. The Morgan fingerprint density at radius 2 is 1.88 bits per heavy atom. The van der Waals surface area contributed by atoms with Crippen molar-refractivity contribution in [2.45, 2.75) is 33.1 Å². The van der Waals surface area contributed by atoms with E-state index < -0.39 is 0 Å². The highest BCUT2D eigenvalue weighted by Gasteiger charge is 2.28. The quantitative estimate of drug-likeness (QED) is 0.821. The molecule has 0 bridgehead atoms. The van der Waals surface area contributed by atoms with Crippen molar-refractivity contribution in [3.05, 3.63) is 39.7 Å². The minimum absolute atomic E-state index is 0.0433. The molecule has 0 aromatic carbocycles. The molecule has 0 atom stereocenters. The zero-order valence-electron chi connectivity index (χ0n) is 14.7. The summed E-state index contributed by atoms with van der Waals surface area (Å²) in [6.07, 6.45) is 4.46. The van der Waals surface area contributed by atoms with E-state index in [1.807, 2.05) is 11.8 Å². The maximum absolute atomic E-state index is 12.9. The van der Waals surface area contributed by atoms with Crippen LogP contribution in [0.1, 0.15) is 50.7 Å². The van der Waals surface area contributed by atoms with Gasteiger partial charge >= 0.3 is 0 Å². The number of piperazine rings is 1. The van der Waals surface area contributed by atoms with Crippen molar-refractivity contribution >= 4 is 23.2 Å². The molecule has 0 N–H and O–H groups in total. The number of hydrogen-bond acceptors (Lipinski definition) is 5. The van der Waals surface area contributed by atoms with Gasteiger partial charge in [0.2, 0.25) is 0 Å². The van der Waals surface area contributed by atoms with E-state index in [0.717, 1.165) is 34.8 Å². The monoisotopic (exact) mass is 361 g/mol. The number of aryl methyl sites for hydroxylation is 2. The van der Waals surface area contributed by atoms with E-state index in [4.69, 9.17) is 4.42 Å². The fourth-order valence-electron chi connectivity index (χ4n) is 2.96. The van der Waals surface area contributed by atoms with Gasteiger partial charge in [-0.3, -0.25) is 9.59 Å². The van der Waals surface area contributed by atoms with E-state index in [9.17, 15) is 9.59 Å². The van der Waals surface area contributed by atoms with Gasteiger partial charge < -0.3 is 14.2 Å². The maximum Gasteiger partial charge on any atom is 0.289 e. The molecule has 2 aromatic heterocycles. The number of furan rings is 1. The number of carbonyl (C=O) groups is 2. The average molecular weight is 361 g/mol. The first-order chi connectivity index (χ1) is 12.1. The van der Waals surface area contributed by atoms with Crippen LogP contribution >= 0.6 is 11.3 Å². The Morgan fingerprint density at radius 3 is 2.48 bits per heavy atom. The lowest BCUT2D eigenvalue weighted by atomic mass is 10.1. The fraction of sp³-hybridized carbons (Fsp3) is 0.500. The molecule has 0 spiro atoms. The number of aromatic nitrogens is 1. The van der Waals surface area contributed by atoms with Crippen LogP contribution in [-0.4, -0.2) is 52.8 Å². The second kappa shape index (κ2) is 7.82. The highest BCUT2D eigenvalue weighted by atomic mass is 32.1. The van der Waals surface area contributed by atoms with Crippen molar-refractivity contribution in [3.63, 3.8) is 0 Å². The van der Waals surface area contributed by atoms with Crippen LogP contribution in [0.25, 0.3) is 0 Å². The standard InChI is InChI=1S/C18H23N3O3S/c1-3-4-6-14-16(25-13(2)19-14)18(23)21-10-8-20(9-11-21)17(22)15-7-5-12-24-15/h5,7,12H,3-4,6,8-11H2,1-2H3. The van der Waals surface area contributed by atoms with E-state index >= 15 is 0 Å². The topological polar surface area (TPSA) is 66.7 Å². The minimum Gasteiger partial charge on any atom is -0.459 e. The number of rotatable bonds is 5. The van der Waals surface area contributed by atoms with Crippen LogP contribution < -0.4 is 0 Å². The van der Waals surface area contributed by atoms with Crippen LogP contribution in [-0.2, 0) is 6.42 Å². The molecule has 0 radical (unpaired) electrons. The van der Waals surface area contributed by atoms with Crippen LogP contribution in [0.2, 0.25) is 0 Å². The van der Waals surface area contributed by atoms with Gasteiger partial charge in [-0.1, -0.05) is 13.3 Å². The van der Waals surface area contributed by atoms with Gasteiger partial charge in [0.1, 0.15) is 4.88 Å². The van der Waals surface area contributed by atoms with Crippen molar-refractivity contribution in [2.24, 2.45) is 0 Å². The highest BCUT2D eigenvalue weighted by Crippen LogP contribution is 2.22. The minimum atomic E-state index is -0.116. The lowest BCUT2D eigenvalue weighted by molar-refractivity contribution is 0.0520.